The highest BCUT2D eigenvalue weighted by Gasteiger charge is 2.22. The number of nitrogens with one attached hydrogen (secondary N) is 1. The minimum absolute atomic E-state index is 0.277. The van der Waals surface area contributed by atoms with Crippen molar-refractivity contribution in [3.63, 3.8) is 0 Å². The van der Waals surface area contributed by atoms with Crippen molar-refractivity contribution in [1.29, 1.82) is 0 Å². The molecule has 0 bridgehead atoms. The summed E-state index contributed by atoms with van der Waals surface area (Å²) in [5.74, 6) is 1.26. The summed E-state index contributed by atoms with van der Waals surface area (Å²) in [4.78, 5) is 5.79. The number of hydrogen-bond donors (Lipinski definition) is 1. The predicted molar refractivity (Wildman–Crippen MR) is 84.6 cm³/mol. The highest BCUT2D eigenvalue weighted by Crippen LogP contribution is 2.35. The molecule has 0 aliphatic carbocycles. The molecule has 0 saturated carbocycles. The second kappa shape index (κ2) is 7.41. The second-order valence-corrected chi connectivity index (χ2v) is 5.81. The Morgan fingerprint density at radius 2 is 2.25 bits per heavy atom. The molecule has 0 aromatic carbocycles. The molecule has 4 heteroatoms. The van der Waals surface area contributed by atoms with Gasteiger partial charge in [-0.05, 0) is 31.2 Å². The van der Waals surface area contributed by atoms with Gasteiger partial charge in [0.05, 0.1) is 7.11 Å². The molecule has 108 valence electrons. The van der Waals surface area contributed by atoms with Gasteiger partial charge < -0.3 is 10.1 Å². The lowest BCUT2D eigenvalue weighted by Gasteiger charge is -2.24. The molecular formula is C16H22N2OS. The van der Waals surface area contributed by atoms with E-state index in [0.29, 0.717) is 5.92 Å². The Morgan fingerprint density at radius 3 is 2.85 bits per heavy atom. The standard InChI is InChI=1S/C16H22N2OS/c1-4-8-18-16(15-10-13(19-3)11-20-15)12(2)14-7-5-6-9-17-14/h5-7,9-12,16,18H,4,8H2,1-3H3. The fraction of sp³-hybridized carbons (Fsp3) is 0.438. The highest BCUT2D eigenvalue weighted by molar-refractivity contribution is 7.10. The average molecular weight is 290 g/mol. The van der Waals surface area contributed by atoms with Gasteiger partial charge in [0.15, 0.2) is 0 Å². The van der Waals surface area contributed by atoms with Gasteiger partial charge in [-0.3, -0.25) is 4.98 Å². The molecule has 0 amide bonds. The largest absolute Gasteiger partial charge is 0.496 e. The number of hydrogen-bond acceptors (Lipinski definition) is 4. The average Bonchev–Trinajstić information content (AvgIpc) is 2.97. The Hall–Kier alpha value is -1.39. The molecule has 2 unspecified atom stereocenters. The number of methoxy groups -OCH3 is 1. The molecule has 20 heavy (non-hydrogen) atoms. The summed E-state index contributed by atoms with van der Waals surface area (Å²) in [5.41, 5.74) is 1.12. The first kappa shape index (κ1) is 15.0. The molecule has 2 aromatic heterocycles. The third-order valence-electron chi connectivity index (χ3n) is 3.41. The lowest BCUT2D eigenvalue weighted by Crippen LogP contribution is -2.26. The first-order chi connectivity index (χ1) is 9.76. The Balaban J connectivity index is 2.22. The fourth-order valence-corrected chi connectivity index (χ4v) is 3.28. The molecule has 0 aliphatic rings. The molecule has 0 aliphatic heterocycles. The Morgan fingerprint density at radius 1 is 1.40 bits per heavy atom. The Bertz CT molecular complexity index is 512. The van der Waals surface area contributed by atoms with Crippen LogP contribution in [0.15, 0.2) is 35.8 Å². The zero-order chi connectivity index (χ0) is 14.4. The van der Waals surface area contributed by atoms with Crippen molar-refractivity contribution in [2.45, 2.75) is 32.2 Å². The van der Waals surface area contributed by atoms with E-state index in [1.54, 1.807) is 18.4 Å². The SMILES string of the molecule is CCCNC(c1cc(OC)cs1)C(C)c1ccccn1. The van der Waals surface area contributed by atoms with Gasteiger partial charge in [0, 0.05) is 34.1 Å². The molecular weight excluding hydrogens is 268 g/mol. The van der Waals surface area contributed by atoms with Crippen LogP contribution < -0.4 is 10.1 Å². The smallest absolute Gasteiger partial charge is 0.129 e. The van der Waals surface area contributed by atoms with Crippen LogP contribution in [0.5, 0.6) is 5.75 Å². The maximum Gasteiger partial charge on any atom is 0.129 e. The lowest BCUT2D eigenvalue weighted by atomic mass is 9.96. The van der Waals surface area contributed by atoms with Gasteiger partial charge in [-0.1, -0.05) is 19.9 Å². The van der Waals surface area contributed by atoms with Crippen LogP contribution in [0.1, 0.15) is 42.8 Å². The number of rotatable bonds is 7. The zero-order valence-electron chi connectivity index (χ0n) is 12.3. The van der Waals surface area contributed by atoms with E-state index in [4.69, 9.17) is 4.74 Å². The summed E-state index contributed by atoms with van der Waals surface area (Å²) < 4.78 is 5.30. The Labute approximate surface area is 125 Å². The van der Waals surface area contributed by atoms with Crippen molar-refractivity contribution in [3.05, 3.63) is 46.4 Å². The van der Waals surface area contributed by atoms with Crippen molar-refractivity contribution in [2.75, 3.05) is 13.7 Å². The van der Waals surface area contributed by atoms with Gasteiger partial charge in [0.1, 0.15) is 5.75 Å². The molecule has 3 nitrogen and oxygen atoms in total. The summed E-state index contributed by atoms with van der Waals surface area (Å²) in [5, 5.41) is 5.69. The van der Waals surface area contributed by atoms with Crippen molar-refractivity contribution in [2.24, 2.45) is 0 Å². The zero-order valence-corrected chi connectivity index (χ0v) is 13.1. The molecule has 0 radical (unpaired) electrons. The molecule has 0 spiro atoms. The molecule has 2 aromatic rings. The molecule has 1 N–H and O–H groups in total. The van der Waals surface area contributed by atoms with E-state index in [9.17, 15) is 0 Å². The molecule has 0 fully saturated rings. The summed E-state index contributed by atoms with van der Waals surface area (Å²) in [6, 6.07) is 8.50. The van der Waals surface area contributed by atoms with Gasteiger partial charge in [-0.2, -0.15) is 0 Å². The van der Waals surface area contributed by atoms with Crippen LogP contribution in [-0.4, -0.2) is 18.6 Å². The van der Waals surface area contributed by atoms with Crippen LogP contribution in [0.4, 0.5) is 0 Å². The van der Waals surface area contributed by atoms with Crippen LogP contribution >= 0.6 is 11.3 Å². The number of thiophene rings is 1. The van der Waals surface area contributed by atoms with Crippen molar-refractivity contribution >= 4 is 11.3 Å². The summed E-state index contributed by atoms with van der Waals surface area (Å²) in [7, 11) is 1.71. The van der Waals surface area contributed by atoms with Crippen LogP contribution in [0.3, 0.4) is 0 Å². The van der Waals surface area contributed by atoms with Crippen LogP contribution in [0.2, 0.25) is 0 Å². The minimum Gasteiger partial charge on any atom is -0.496 e. The summed E-state index contributed by atoms with van der Waals surface area (Å²) >= 11 is 1.74. The number of aromatic nitrogens is 1. The normalized spacial score (nSPS) is 13.9. The third kappa shape index (κ3) is 3.58. The quantitative estimate of drug-likeness (QED) is 0.837. The minimum atomic E-state index is 0.277. The second-order valence-electron chi connectivity index (χ2n) is 4.86. The van der Waals surface area contributed by atoms with Gasteiger partial charge in [0.2, 0.25) is 0 Å². The van der Waals surface area contributed by atoms with Crippen molar-refractivity contribution in [1.82, 2.24) is 10.3 Å². The fourth-order valence-electron chi connectivity index (χ4n) is 2.24. The van der Waals surface area contributed by atoms with Crippen LogP contribution in [-0.2, 0) is 0 Å². The third-order valence-corrected chi connectivity index (χ3v) is 4.40. The maximum absolute atomic E-state index is 5.30. The van der Waals surface area contributed by atoms with Gasteiger partial charge in [0.25, 0.3) is 0 Å². The van der Waals surface area contributed by atoms with E-state index in [2.05, 4.69) is 41.7 Å². The molecule has 0 saturated heterocycles. The Kier molecular flexibility index (Phi) is 5.56. The van der Waals surface area contributed by atoms with Gasteiger partial charge in [-0.15, -0.1) is 11.3 Å². The van der Waals surface area contributed by atoms with Crippen molar-refractivity contribution < 1.29 is 4.74 Å². The van der Waals surface area contributed by atoms with Gasteiger partial charge in [-0.25, -0.2) is 0 Å². The van der Waals surface area contributed by atoms with Gasteiger partial charge >= 0.3 is 0 Å². The first-order valence-corrected chi connectivity index (χ1v) is 7.91. The van der Waals surface area contributed by atoms with E-state index < -0.39 is 0 Å². The number of ether oxygens (including phenoxy) is 1. The predicted octanol–water partition coefficient (Wildman–Crippen LogP) is 4.00. The maximum atomic E-state index is 5.30. The number of nitrogens with zero attached hydrogens (tertiary/aromatic N) is 1. The number of pyridine rings is 1. The summed E-state index contributed by atoms with van der Waals surface area (Å²) in [6.45, 7) is 5.41. The monoisotopic (exact) mass is 290 g/mol. The lowest BCUT2D eigenvalue weighted by molar-refractivity contribution is 0.414. The van der Waals surface area contributed by atoms with E-state index in [0.717, 1.165) is 24.4 Å². The van der Waals surface area contributed by atoms with Crippen molar-refractivity contribution in [3.8, 4) is 5.75 Å². The van der Waals surface area contributed by atoms with E-state index in [-0.39, 0.29) is 6.04 Å². The van der Waals surface area contributed by atoms with Crippen LogP contribution in [0.25, 0.3) is 0 Å². The first-order valence-electron chi connectivity index (χ1n) is 7.03. The molecule has 2 heterocycles. The molecule has 2 atom stereocenters. The van der Waals surface area contributed by atoms with E-state index >= 15 is 0 Å². The van der Waals surface area contributed by atoms with Crippen LogP contribution in [0, 0.1) is 0 Å². The summed E-state index contributed by atoms with van der Waals surface area (Å²) in [6.07, 6.45) is 2.98. The highest BCUT2D eigenvalue weighted by atomic mass is 32.1. The topological polar surface area (TPSA) is 34.1 Å². The van der Waals surface area contributed by atoms with E-state index in [1.165, 1.54) is 4.88 Å². The molecule has 2 rings (SSSR count). The van der Waals surface area contributed by atoms with E-state index in [1.807, 2.05) is 18.3 Å².